The molecular formula is C35H37Cl2N7O5. The molecule has 0 saturated carbocycles. The van der Waals surface area contributed by atoms with Gasteiger partial charge in [-0.3, -0.25) is 14.4 Å². The quantitative estimate of drug-likeness (QED) is 0.221. The number of halogens is 2. The number of pyridine rings is 3. The van der Waals surface area contributed by atoms with Gasteiger partial charge >= 0.3 is 0 Å². The van der Waals surface area contributed by atoms with Gasteiger partial charge in [-0.1, -0.05) is 23.2 Å². The highest BCUT2D eigenvalue weighted by atomic mass is 35.5. The minimum atomic E-state index is -0.407. The van der Waals surface area contributed by atoms with Crippen LogP contribution < -0.4 is 24.7 Å². The Bertz CT molecular complexity index is 1970. The number of aromatic nitrogens is 3. The molecule has 7 rings (SSSR count). The second kappa shape index (κ2) is 13.5. The molecule has 0 spiro atoms. The first kappa shape index (κ1) is 33.1. The molecule has 1 amide bonds. The van der Waals surface area contributed by atoms with Crippen molar-refractivity contribution >= 4 is 57.8 Å². The highest BCUT2D eigenvalue weighted by Gasteiger charge is 2.40. The molecule has 256 valence electrons. The van der Waals surface area contributed by atoms with Crippen molar-refractivity contribution in [3.05, 3.63) is 74.6 Å². The molecule has 0 radical (unpaired) electrons. The van der Waals surface area contributed by atoms with Crippen molar-refractivity contribution in [2.24, 2.45) is 0 Å². The van der Waals surface area contributed by atoms with Crippen LogP contribution in [0.5, 0.6) is 11.8 Å². The molecule has 1 aromatic carbocycles. The van der Waals surface area contributed by atoms with Crippen molar-refractivity contribution in [2.75, 3.05) is 63.8 Å². The van der Waals surface area contributed by atoms with Crippen LogP contribution in [-0.4, -0.2) is 109 Å². The molecule has 2 unspecified atom stereocenters. The van der Waals surface area contributed by atoms with Crippen LogP contribution in [0.25, 0.3) is 16.6 Å². The van der Waals surface area contributed by atoms with E-state index in [9.17, 15) is 14.4 Å². The van der Waals surface area contributed by atoms with Crippen molar-refractivity contribution in [1.82, 2.24) is 24.3 Å². The SMILES string of the molecule is COc1ccc(Cl)c(OCC2CC(N3CCCC3=O)CN2c2cc3c(cc2Cl)c(=O)c(C=O)cn3-c2ccc(N3CC(N(C)C)C3)nc2)n1. The minimum Gasteiger partial charge on any atom is -0.481 e. The molecule has 3 saturated heterocycles. The lowest BCUT2D eigenvalue weighted by molar-refractivity contribution is -0.129. The number of anilines is 2. The second-order valence-electron chi connectivity index (χ2n) is 13.0. The maximum Gasteiger partial charge on any atom is 0.235 e. The van der Waals surface area contributed by atoms with E-state index in [1.807, 2.05) is 23.1 Å². The molecule has 49 heavy (non-hydrogen) atoms. The molecule has 3 aliphatic rings. The summed E-state index contributed by atoms with van der Waals surface area (Å²) in [6.45, 7) is 3.20. The maximum absolute atomic E-state index is 13.4. The van der Waals surface area contributed by atoms with Crippen molar-refractivity contribution in [1.29, 1.82) is 0 Å². The van der Waals surface area contributed by atoms with Crippen LogP contribution in [0, 0.1) is 0 Å². The number of nitrogens with zero attached hydrogens (tertiary/aromatic N) is 7. The number of hydrogen-bond donors (Lipinski definition) is 0. The third-order valence-corrected chi connectivity index (χ3v) is 10.4. The van der Waals surface area contributed by atoms with Crippen LogP contribution >= 0.6 is 23.2 Å². The molecule has 12 nitrogen and oxygen atoms in total. The fraction of sp³-hybridized carbons (Fsp3) is 0.400. The van der Waals surface area contributed by atoms with Gasteiger partial charge in [-0.15, -0.1) is 0 Å². The number of hydrogen-bond acceptors (Lipinski definition) is 10. The second-order valence-corrected chi connectivity index (χ2v) is 13.8. The number of benzene rings is 1. The van der Waals surface area contributed by atoms with Crippen LogP contribution in [-0.2, 0) is 4.79 Å². The molecule has 0 aliphatic carbocycles. The van der Waals surface area contributed by atoms with E-state index in [0.717, 1.165) is 25.3 Å². The monoisotopic (exact) mass is 705 g/mol. The third kappa shape index (κ3) is 6.28. The van der Waals surface area contributed by atoms with Gasteiger partial charge in [-0.25, -0.2) is 4.98 Å². The Kier molecular flexibility index (Phi) is 9.12. The number of ether oxygens (including phenoxy) is 2. The van der Waals surface area contributed by atoms with Gasteiger partial charge in [0.2, 0.25) is 17.7 Å². The predicted molar refractivity (Wildman–Crippen MR) is 189 cm³/mol. The first-order chi connectivity index (χ1) is 23.6. The average Bonchev–Trinajstić information content (AvgIpc) is 3.70. The molecule has 3 aromatic heterocycles. The summed E-state index contributed by atoms with van der Waals surface area (Å²) in [5, 5.41) is 1.00. The van der Waals surface area contributed by atoms with Crippen LogP contribution in [0.3, 0.4) is 0 Å². The predicted octanol–water partition coefficient (Wildman–Crippen LogP) is 4.31. The van der Waals surface area contributed by atoms with Crippen LogP contribution in [0.2, 0.25) is 10.0 Å². The lowest BCUT2D eigenvalue weighted by atomic mass is 10.1. The summed E-state index contributed by atoms with van der Waals surface area (Å²) in [5.74, 6) is 1.61. The normalized spacial score (nSPS) is 19.6. The molecule has 0 N–H and O–H groups in total. The molecule has 6 heterocycles. The third-order valence-electron chi connectivity index (χ3n) is 9.82. The smallest absolute Gasteiger partial charge is 0.235 e. The lowest BCUT2D eigenvalue weighted by Crippen LogP contribution is -2.57. The Hall–Kier alpha value is -4.39. The number of amides is 1. The molecule has 2 atom stereocenters. The van der Waals surface area contributed by atoms with Gasteiger partial charge in [0.05, 0.1) is 52.9 Å². The summed E-state index contributed by atoms with van der Waals surface area (Å²) < 4.78 is 13.2. The molecule has 3 fully saturated rings. The van der Waals surface area contributed by atoms with E-state index in [1.165, 1.54) is 7.11 Å². The number of likely N-dealkylation sites (N-methyl/N-ethyl adjacent to an activating group) is 1. The molecule has 4 aromatic rings. The summed E-state index contributed by atoms with van der Waals surface area (Å²) in [5.41, 5.74) is 1.54. The van der Waals surface area contributed by atoms with Gasteiger partial charge < -0.3 is 33.6 Å². The van der Waals surface area contributed by atoms with Gasteiger partial charge in [-0.2, -0.15) is 4.98 Å². The summed E-state index contributed by atoms with van der Waals surface area (Å²) in [6, 6.07) is 10.9. The number of carbonyl (C=O) groups is 2. The highest BCUT2D eigenvalue weighted by Crippen LogP contribution is 2.38. The van der Waals surface area contributed by atoms with E-state index in [-0.39, 0.29) is 36.0 Å². The van der Waals surface area contributed by atoms with Crippen LogP contribution in [0.15, 0.2) is 53.6 Å². The van der Waals surface area contributed by atoms with Crippen molar-refractivity contribution < 1.29 is 19.1 Å². The average molecular weight is 707 g/mol. The number of likely N-dealkylation sites (tertiary alicyclic amines) is 1. The van der Waals surface area contributed by atoms with Crippen LogP contribution in [0.4, 0.5) is 11.5 Å². The molecular weight excluding hydrogens is 669 g/mol. The first-order valence-electron chi connectivity index (χ1n) is 16.3. The number of aldehydes is 1. The summed E-state index contributed by atoms with van der Waals surface area (Å²) in [4.78, 5) is 55.8. The van der Waals surface area contributed by atoms with Gasteiger partial charge in [0, 0.05) is 56.3 Å². The largest absolute Gasteiger partial charge is 0.481 e. The van der Waals surface area contributed by atoms with Crippen LogP contribution in [0.1, 0.15) is 29.6 Å². The highest BCUT2D eigenvalue weighted by molar-refractivity contribution is 6.34. The lowest BCUT2D eigenvalue weighted by Gasteiger charge is -2.43. The summed E-state index contributed by atoms with van der Waals surface area (Å²) in [6.07, 6.45) is 5.84. The zero-order valence-electron chi connectivity index (χ0n) is 27.5. The zero-order chi connectivity index (χ0) is 34.4. The topological polar surface area (TPSA) is 113 Å². The Labute approximate surface area is 293 Å². The van der Waals surface area contributed by atoms with E-state index in [1.54, 1.807) is 35.2 Å². The van der Waals surface area contributed by atoms with Gasteiger partial charge in [0.1, 0.15) is 17.4 Å². The van der Waals surface area contributed by atoms with Gasteiger partial charge in [0.25, 0.3) is 0 Å². The standard InChI is InChI=1S/C35H37Cl2N7O5/c1-40(2)25-16-41(17-25)31-8-6-22(14-38-31)43-15-21(19-45)34(47)26-12-28(37)30(13-29(26)43)44-18-23(42-10-4-5-33(42)46)11-24(44)20-49-35-27(36)7-9-32(39-35)48-3/h6-9,12-15,19,23-25H,4-5,10-11,16-18,20H2,1-3H3. The number of carbonyl (C=O) groups excluding carboxylic acids is 2. The van der Waals surface area contributed by atoms with E-state index >= 15 is 0 Å². The maximum atomic E-state index is 13.4. The fourth-order valence-electron chi connectivity index (χ4n) is 6.97. The van der Waals surface area contributed by atoms with E-state index in [4.69, 9.17) is 37.7 Å². The minimum absolute atomic E-state index is 0.0136. The zero-order valence-corrected chi connectivity index (χ0v) is 29.0. The van der Waals surface area contributed by atoms with Gasteiger partial charge in [0.15, 0.2) is 11.7 Å². The summed E-state index contributed by atoms with van der Waals surface area (Å²) in [7, 11) is 5.66. The fourth-order valence-corrected chi connectivity index (χ4v) is 7.40. The molecule has 3 aliphatic heterocycles. The number of fused-ring (bicyclic) bond motifs is 1. The Balaban J connectivity index is 1.26. The summed E-state index contributed by atoms with van der Waals surface area (Å²) >= 11 is 13.4. The molecule has 14 heteroatoms. The number of rotatable bonds is 10. The van der Waals surface area contributed by atoms with Crippen molar-refractivity contribution in [2.45, 2.75) is 37.4 Å². The number of methoxy groups -OCH3 is 1. The first-order valence-corrected chi connectivity index (χ1v) is 17.0. The Morgan fingerprint density at radius 2 is 1.86 bits per heavy atom. The Morgan fingerprint density at radius 3 is 2.53 bits per heavy atom. The van der Waals surface area contributed by atoms with E-state index in [2.05, 4.69) is 33.8 Å². The van der Waals surface area contributed by atoms with E-state index in [0.29, 0.717) is 76.5 Å². The molecule has 0 bridgehead atoms. The van der Waals surface area contributed by atoms with Crippen molar-refractivity contribution in [3.63, 3.8) is 0 Å². The van der Waals surface area contributed by atoms with E-state index < -0.39 is 5.43 Å². The van der Waals surface area contributed by atoms with Crippen molar-refractivity contribution in [3.8, 4) is 17.4 Å². The van der Waals surface area contributed by atoms with Gasteiger partial charge in [-0.05, 0) is 57.3 Å². The Morgan fingerprint density at radius 1 is 1.04 bits per heavy atom.